The first-order chi connectivity index (χ1) is 9.72. The van der Waals surface area contributed by atoms with Crippen molar-refractivity contribution < 1.29 is 27.2 Å². The van der Waals surface area contributed by atoms with Crippen molar-refractivity contribution in [3.63, 3.8) is 0 Å². The second-order valence-corrected chi connectivity index (χ2v) is 5.87. The van der Waals surface area contributed by atoms with Crippen molar-refractivity contribution in [3.05, 3.63) is 41.0 Å². The van der Waals surface area contributed by atoms with E-state index in [1.165, 1.54) is 13.8 Å². The van der Waals surface area contributed by atoms with E-state index in [4.69, 9.17) is 9.63 Å². The Labute approximate surface area is 119 Å². The summed E-state index contributed by atoms with van der Waals surface area (Å²) in [6, 6.07) is 2.69. The van der Waals surface area contributed by atoms with Crippen LogP contribution < -0.4 is 4.72 Å². The number of nitrogens with one attached hydrogen (secondary N) is 1. The first-order valence-electron chi connectivity index (χ1n) is 5.71. The molecule has 0 unspecified atom stereocenters. The fraction of sp³-hybridized carbons (Fsp3) is 0.167. The van der Waals surface area contributed by atoms with Gasteiger partial charge in [0, 0.05) is 0 Å². The number of sulfonamides is 1. The largest absolute Gasteiger partial charge is 0.478 e. The minimum atomic E-state index is -4.14. The Morgan fingerprint density at radius 2 is 2.05 bits per heavy atom. The van der Waals surface area contributed by atoms with Crippen LogP contribution in [0, 0.1) is 19.7 Å². The molecule has 0 atom stereocenters. The van der Waals surface area contributed by atoms with E-state index in [0.29, 0.717) is 0 Å². The molecule has 0 aliphatic carbocycles. The van der Waals surface area contributed by atoms with Crippen LogP contribution in [0.15, 0.2) is 27.6 Å². The minimum Gasteiger partial charge on any atom is -0.478 e. The van der Waals surface area contributed by atoms with E-state index in [1.54, 1.807) is 0 Å². The smallest absolute Gasteiger partial charge is 0.337 e. The second-order valence-electron chi connectivity index (χ2n) is 4.25. The van der Waals surface area contributed by atoms with Crippen molar-refractivity contribution in [2.24, 2.45) is 0 Å². The number of aromatic carboxylic acids is 1. The Bertz CT molecular complexity index is 794. The topological polar surface area (TPSA) is 110 Å². The minimum absolute atomic E-state index is 0.0493. The summed E-state index contributed by atoms with van der Waals surface area (Å²) in [6.07, 6.45) is 0. The normalized spacial score (nSPS) is 11.4. The summed E-state index contributed by atoms with van der Waals surface area (Å²) in [5.74, 6) is -2.10. The van der Waals surface area contributed by atoms with Gasteiger partial charge >= 0.3 is 5.97 Å². The Morgan fingerprint density at radius 3 is 2.57 bits per heavy atom. The van der Waals surface area contributed by atoms with E-state index < -0.39 is 21.8 Å². The summed E-state index contributed by atoms with van der Waals surface area (Å²) < 4.78 is 44.6. The number of anilines is 1. The Kier molecular flexibility index (Phi) is 3.69. The molecular weight excluding hydrogens is 303 g/mol. The second kappa shape index (κ2) is 5.17. The molecule has 0 aliphatic rings. The molecule has 0 saturated heterocycles. The third kappa shape index (κ3) is 2.87. The fourth-order valence-corrected chi connectivity index (χ4v) is 3.24. The number of carboxylic acid groups (broad SMARTS) is 1. The maximum absolute atomic E-state index is 13.2. The van der Waals surface area contributed by atoms with E-state index in [2.05, 4.69) is 5.16 Å². The van der Waals surface area contributed by atoms with Gasteiger partial charge in [0.1, 0.15) is 11.5 Å². The zero-order chi connectivity index (χ0) is 15.8. The number of benzene rings is 1. The lowest BCUT2D eigenvalue weighted by Gasteiger charge is -2.10. The van der Waals surface area contributed by atoms with Crippen molar-refractivity contribution in [3.8, 4) is 0 Å². The van der Waals surface area contributed by atoms with Crippen molar-refractivity contribution in [1.29, 1.82) is 0 Å². The SMILES string of the molecule is Cc1noc(C)c1S(=O)(=O)Nc1cc(F)ccc1C(=O)O. The number of hydrogen-bond donors (Lipinski definition) is 2. The van der Waals surface area contributed by atoms with Gasteiger partial charge in [0.2, 0.25) is 0 Å². The van der Waals surface area contributed by atoms with Gasteiger partial charge in [0.25, 0.3) is 10.0 Å². The van der Waals surface area contributed by atoms with Crippen LogP contribution in [0.1, 0.15) is 21.8 Å². The molecule has 9 heteroatoms. The third-order valence-electron chi connectivity index (χ3n) is 2.69. The number of aromatic nitrogens is 1. The predicted molar refractivity (Wildman–Crippen MR) is 70.1 cm³/mol. The first-order valence-corrected chi connectivity index (χ1v) is 7.19. The van der Waals surface area contributed by atoms with Crippen LogP contribution in [0.3, 0.4) is 0 Å². The highest BCUT2D eigenvalue weighted by atomic mass is 32.2. The average molecular weight is 314 g/mol. The number of carboxylic acids is 1. The molecule has 0 spiro atoms. The van der Waals surface area contributed by atoms with Crippen LogP contribution in [0.4, 0.5) is 10.1 Å². The van der Waals surface area contributed by atoms with Crippen LogP contribution in [0.2, 0.25) is 0 Å². The van der Waals surface area contributed by atoms with Crippen LogP contribution in [-0.4, -0.2) is 24.7 Å². The quantitative estimate of drug-likeness (QED) is 0.892. The highest BCUT2D eigenvalue weighted by Crippen LogP contribution is 2.25. The van der Waals surface area contributed by atoms with E-state index in [0.717, 1.165) is 18.2 Å². The summed E-state index contributed by atoms with van der Waals surface area (Å²) in [6.45, 7) is 2.83. The number of halogens is 1. The molecule has 1 aromatic heterocycles. The molecule has 112 valence electrons. The van der Waals surface area contributed by atoms with Crippen LogP contribution in [0.25, 0.3) is 0 Å². The van der Waals surface area contributed by atoms with Gasteiger partial charge in [-0.15, -0.1) is 0 Å². The molecule has 2 N–H and O–H groups in total. The number of carbonyl (C=O) groups is 1. The van der Waals surface area contributed by atoms with E-state index in [-0.39, 0.29) is 27.6 Å². The average Bonchev–Trinajstić information content (AvgIpc) is 2.68. The van der Waals surface area contributed by atoms with Crippen molar-refractivity contribution in [2.45, 2.75) is 18.7 Å². The summed E-state index contributed by atoms with van der Waals surface area (Å²) in [5.41, 5.74) is -0.623. The maximum atomic E-state index is 13.2. The fourth-order valence-electron chi connectivity index (χ4n) is 1.84. The zero-order valence-corrected chi connectivity index (χ0v) is 11.9. The first kappa shape index (κ1) is 15.0. The molecule has 1 heterocycles. The maximum Gasteiger partial charge on any atom is 0.337 e. The molecule has 2 aromatic rings. The Morgan fingerprint density at radius 1 is 1.38 bits per heavy atom. The standard InChI is InChI=1S/C12H11FN2O5S/c1-6-11(7(2)20-14-6)21(18,19)15-10-5-8(13)3-4-9(10)12(16)17/h3-5,15H,1-2H3,(H,16,17). The van der Waals surface area contributed by atoms with Gasteiger partial charge in [0.05, 0.1) is 11.3 Å². The molecule has 0 amide bonds. The summed E-state index contributed by atoms with van der Waals surface area (Å²) in [7, 11) is -4.14. The van der Waals surface area contributed by atoms with Gasteiger partial charge in [-0.3, -0.25) is 4.72 Å². The Hall–Kier alpha value is -2.42. The molecule has 0 fully saturated rings. The summed E-state index contributed by atoms with van der Waals surface area (Å²) in [4.78, 5) is 10.8. The number of nitrogens with zero attached hydrogens (tertiary/aromatic N) is 1. The van der Waals surface area contributed by atoms with Gasteiger partial charge in [-0.05, 0) is 32.0 Å². The molecule has 0 aliphatic heterocycles. The van der Waals surface area contributed by atoms with Gasteiger partial charge in [-0.2, -0.15) is 0 Å². The van der Waals surface area contributed by atoms with Crippen molar-refractivity contribution in [1.82, 2.24) is 5.16 Å². The molecule has 7 nitrogen and oxygen atoms in total. The van der Waals surface area contributed by atoms with E-state index >= 15 is 0 Å². The molecule has 1 aromatic carbocycles. The van der Waals surface area contributed by atoms with Gasteiger partial charge in [-0.25, -0.2) is 17.6 Å². The summed E-state index contributed by atoms with van der Waals surface area (Å²) in [5, 5.41) is 12.5. The predicted octanol–water partition coefficient (Wildman–Crippen LogP) is 1.93. The lowest BCUT2D eigenvalue weighted by Crippen LogP contribution is -2.17. The monoisotopic (exact) mass is 314 g/mol. The number of hydrogen-bond acceptors (Lipinski definition) is 5. The highest BCUT2D eigenvalue weighted by Gasteiger charge is 2.26. The molecule has 21 heavy (non-hydrogen) atoms. The molecule has 0 saturated carbocycles. The number of rotatable bonds is 4. The van der Waals surface area contributed by atoms with Crippen LogP contribution in [-0.2, 0) is 10.0 Å². The van der Waals surface area contributed by atoms with Gasteiger partial charge in [-0.1, -0.05) is 5.16 Å². The third-order valence-corrected chi connectivity index (χ3v) is 4.30. The van der Waals surface area contributed by atoms with Crippen LogP contribution >= 0.6 is 0 Å². The zero-order valence-electron chi connectivity index (χ0n) is 11.0. The summed E-state index contributed by atoms with van der Waals surface area (Å²) >= 11 is 0. The molecular formula is C12H11FN2O5S. The van der Waals surface area contributed by atoms with E-state index in [1.807, 2.05) is 4.72 Å². The molecule has 0 bridgehead atoms. The Balaban J connectivity index is 2.51. The lowest BCUT2D eigenvalue weighted by atomic mass is 10.2. The van der Waals surface area contributed by atoms with Gasteiger partial charge < -0.3 is 9.63 Å². The van der Waals surface area contributed by atoms with Crippen molar-refractivity contribution >= 4 is 21.7 Å². The van der Waals surface area contributed by atoms with E-state index in [9.17, 15) is 17.6 Å². The number of aryl methyl sites for hydroxylation is 2. The molecule has 2 rings (SSSR count). The molecule has 0 radical (unpaired) electrons. The van der Waals surface area contributed by atoms with Crippen molar-refractivity contribution in [2.75, 3.05) is 4.72 Å². The highest BCUT2D eigenvalue weighted by molar-refractivity contribution is 7.92. The lowest BCUT2D eigenvalue weighted by molar-refractivity contribution is 0.0698. The van der Waals surface area contributed by atoms with Gasteiger partial charge in [0.15, 0.2) is 10.7 Å². The van der Waals surface area contributed by atoms with Crippen LogP contribution in [0.5, 0.6) is 0 Å².